The Morgan fingerprint density at radius 1 is 0.390 bits per heavy atom. The van der Waals surface area contributed by atoms with Gasteiger partial charge in [-0.1, -0.05) is 0 Å². The molecule has 8 aromatic rings. The summed E-state index contributed by atoms with van der Waals surface area (Å²) in [6.07, 6.45) is 0. The molecule has 13 rings (SSSR count). The Hall–Kier alpha value is -5.68. The summed E-state index contributed by atoms with van der Waals surface area (Å²) in [5.41, 5.74) is 17.9. The van der Waals surface area contributed by atoms with E-state index in [1.165, 1.54) is 94.7 Å². The van der Waals surface area contributed by atoms with E-state index in [9.17, 15) is 0 Å². The van der Waals surface area contributed by atoms with Crippen LogP contribution in [0.3, 0.4) is 0 Å². The van der Waals surface area contributed by atoms with Crippen LogP contribution in [-0.2, 0) is 10.8 Å². The fraction of sp³-hybridized carbons (Fsp3) is 0.111. The van der Waals surface area contributed by atoms with Gasteiger partial charge < -0.3 is 0 Å². The molecule has 1 spiro atoms. The van der Waals surface area contributed by atoms with Crippen LogP contribution in [0.1, 0.15) is 49.9 Å². The first-order chi connectivity index (χ1) is 28.8. The fourth-order valence-electron chi connectivity index (χ4n) is 12.1. The van der Waals surface area contributed by atoms with Crippen molar-refractivity contribution in [2.75, 3.05) is 9.80 Å². The van der Waals surface area contributed by atoms with Gasteiger partial charge in [0, 0.05) is 0 Å². The molecular weight excluding hydrogens is 792 g/mol. The summed E-state index contributed by atoms with van der Waals surface area (Å²) in [6, 6.07) is 67.7. The van der Waals surface area contributed by atoms with Crippen LogP contribution in [0.5, 0.6) is 0 Å². The summed E-state index contributed by atoms with van der Waals surface area (Å²) >= 11 is -1.70. The van der Waals surface area contributed by atoms with Gasteiger partial charge in [-0.3, -0.25) is 0 Å². The molecule has 0 unspecified atom stereocenters. The van der Waals surface area contributed by atoms with Gasteiger partial charge >= 0.3 is 356 Å². The maximum absolute atomic E-state index is 3.69. The van der Waals surface area contributed by atoms with Gasteiger partial charge in [0.25, 0.3) is 0 Å². The van der Waals surface area contributed by atoms with Gasteiger partial charge in [0.2, 0.25) is 0 Å². The zero-order valence-corrected chi connectivity index (χ0v) is 36.5. The van der Waals surface area contributed by atoms with Crippen molar-refractivity contribution in [2.24, 2.45) is 0 Å². The van der Waals surface area contributed by atoms with E-state index in [2.05, 4.69) is 213 Å². The molecule has 5 aliphatic rings. The van der Waals surface area contributed by atoms with Crippen LogP contribution < -0.4 is 43.8 Å². The molecule has 8 aromatic carbocycles. The second kappa shape index (κ2) is 11.7. The average Bonchev–Trinajstić information content (AvgIpc) is 3.27. The molecule has 0 bridgehead atoms. The third-order valence-corrected chi connectivity index (χ3v) is 26.0. The number of para-hydroxylation sites is 5. The Morgan fingerprint density at radius 3 is 1.36 bits per heavy atom. The van der Waals surface area contributed by atoms with Crippen LogP contribution in [0.2, 0.25) is 0 Å². The van der Waals surface area contributed by atoms with Crippen molar-refractivity contribution < 1.29 is 0 Å². The van der Waals surface area contributed by atoms with Crippen LogP contribution in [-0.4, -0.2) is 20.0 Å². The number of hydrogen-bond acceptors (Lipinski definition) is 3. The molecule has 280 valence electrons. The van der Waals surface area contributed by atoms with E-state index >= 15 is 0 Å². The number of rotatable bonds is 2. The van der Waals surface area contributed by atoms with E-state index in [1.54, 1.807) is 5.46 Å². The first-order valence-corrected chi connectivity index (χ1v) is 26.0. The molecule has 5 heteroatoms. The van der Waals surface area contributed by atoms with E-state index < -0.39 is 13.3 Å². The molecule has 0 radical (unpaired) electrons. The molecule has 5 aliphatic heterocycles. The normalized spacial score (nSPS) is 17.1. The molecule has 0 saturated carbocycles. The predicted molar refractivity (Wildman–Crippen MR) is 252 cm³/mol. The van der Waals surface area contributed by atoms with Crippen molar-refractivity contribution in [3.05, 3.63) is 198 Å². The molecule has 0 N–H and O–H groups in total. The first kappa shape index (κ1) is 34.2. The minimum absolute atomic E-state index is 0.0598. The number of benzene rings is 8. The minimum atomic E-state index is -3.69. The summed E-state index contributed by atoms with van der Waals surface area (Å²) < 4.78 is 5.92. The van der Waals surface area contributed by atoms with Crippen molar-refractivity contribution in [1.82, 2.24) is 0 Å². The second-order valence-corrected chi connectivity index (χ2v) is 26.8. The van der Waals surface area contributed by atoms with Crippen molar-refractivity contribution in [3.8, 4) is 0 Å². The molecule has 0 amide bonds. The van der Waals surface area contributed by atoms with Crippen molar-refractivity contribution in [3.63, 3.8) is 0 Å². The Balaban J connectivity index is 1.09. The molecule has 2 nitrogen and oxygen atoms in total. The molecule has 0 fully saturated rings. The van der Waals surface area contributed by atoms with Gasteiger partial charge in [0.05, 0.1) is 0 Å². The van der Waals surface area contributed by atoms with Crippen LogP contribution >= 0.6 is 11.8 Å². The molecular formula is C54H41BGeN2S. The Labute approximate surface area is 354 Å². The number of anilines is 6. The second-order valence-electron chi connectivity index (χ2n) is 18.0. The maximum atomic E-state index is 2.63. The third kappa shape index (κ3) is 4.17. The van der Waals surface area contributed by atoms with Crippen LogP contribution in [0, 0.1) is 0 Å². The van der Waals surface area contributed by atoms with Gasteiger partial charge in [0.1, 0.15) is 0 Å². The summed E-state index contributed by atoms with van der Waals surface area (Å²) in [5, 5.41) is 0. The summed E-state index contributed by atoms with van der Waals surface area (Å²) in [6.45, 7) is 10.1. The fourth-order valence-corrected chi connectivity index (χ4v) is 24.8. The predicted octanol–water partition coefficient (Wildman–Crippen LogP) is 8.89. The monoisotopic (exact) mass is 834 g/mol. The van der Waals surface area contributed by atoms with E-state index in [0.717, 1.165) is 0 Å². The van der Waals surface area contributed by atoms with E-state index in [4.69, 9.17) is 0 Å². The Bertz CT molecular complexity index is 3040. The van der Waals surface area contributed by atoms with E-state index in [1.807, 2.05) is 11.8 Å². The van der Waals surface area contributed by atoms with Crippen LogP contribution in [0.4, 0.5) is 34.1 Å². The Morgan fingerprint density at radius 2 is 0.814 bits per heavy atom. The summed E-state index contributed by atoms with van der Waals surface area (Å²) in [5.74, 6) is 0. The third-order valence-electron chi connectivity index (χ3n) is 14.5. The quantitative estimate of drug-likeness (QED) is 0.161. The number of fused-ring (bicyclic) bond motifs is 8. The number of hydrogen-bond donors (Lipinski definition) is 0. The molecule has 0 aromatic heterocycles. The van der Waals surface area contributed by atoms with Crippen molar-refractivity contribution in [2.45, 2.75) is 48.3 Å². The molecule has 0 saturated heterocycles. The molecule has 0 aliphatic carbocycles. The van der Waals surface area contributed by atoms with Gasteiger partial charge in [-0.2, -0.15) is 0 Å². The summed E-state index contributed by atoms with van der Waals surface area (Å²) in [7, 11) is 0. The molecule has 5 heterocycles. The van der Waals surface area contributed by atoms with E-state index in [-0.39, 0.29) is 17.5 Å². The van der Waals surface area contributed by atoms with Crippen LogP contribution in [0.25, 0.3) is 0 Å². The summed E-state index contributed by atoms with van der Waals surface area (Å²) in [4.78, 5) is 7.93. The Kier molecular flexibility index (Phi) is 6.81. The average molecular weight is 833 g/mol. The molecule has 0 atom stereocenters. The zero-order valence-electron chi connectivity index (χ0n) is 33.6. The van der Waals surface area contributed by atoms with Crippen LogP contribution in [0.15, 0.2) is 186 Å². The first-order valence-electron chi connectivity index (χ1n) is 21.0. The van der Waals surface area contributed by atoms with Crippen molar-refractivity contribution >= 4 is 99.8 Å². The van der Waals surface area contributed by atoms with Gasteiger partial charge in [-0.05, 0) is 0 Å². The van der Waals surface area contributed by atoms with Crippen molar-refractivity contribution in [1.29, 1.82) is 0 Å². The topological polar surface area (TPSA) is 6.48 Å². The number of nitrogens with zero attached hydrogens (tertiary/aromatic N) is 2. The standard InChI is InChI=1S/C54H41BGeN2S/c1-53(2)36-20-16-21-37-50(36)55-51-38(53)22-17-31-48(51)59-49-33-35(32-39(52(49)55)54(37,3)4)58-46-29-14-10-25-42(46)56(43-26-11-15-30-47(43)58)40-23-8-12-27-44(40)57(34-18-6-5-7-19-34)45-28-13-9-24-41(45)56/h5-33H,1-4H3. The SMILES string of the molecule is CC1(C)c2cccc3c2B2c4c(cc(N5c6cccc[c]6[Ge]6([c]7ccccc7N(c7ccccc7)c7cccc[c]76)[c]6ccccc65)cc4C(C)(C)c4cccc1c42)S3. The zero-order chi connectivity index (χ0) is 39.4. The van der Waals surface area contributed by atoms with Gasteiger partial charge in [-0.15, -0.1) is 0 Å². The molecule has 59 heavy (non-hydrogen) atoms. The van der Waals surface area contributed by atoms with E-state index in [0.29, 0.717) is 0 Å². The van der Waals surface area contributed by atoms with Gasteiger partial charge in [-0.25, -0.2) is 0 Å². The van der Waals surface area contributed by atoms with Gasteiger partial charge in [0.15, 0.2) is 0 Å².